The van der Waals surface area contributed by atoms with Crippen molar-refractivity contribution in [2.45, 2.75) is 27.2 Å². The first-order valence-electron chi connectivity index (χ1n) is 10.3. The topological polar surface area (TPSA) is 45.7 Å². The summed E-state index contributed by atoms with van der Waals surface area (Å²) in [5.41, 5.74) is 1.63. The van der Waals surface area contributed by atoms with Crippen molar-refractivity contribution < 1.29 is 13.9 Å². The second-order valence-electron chi connectivity index (χ2n) is 6.93. The van der Waals surface area contributed by atoms with E-state index in [9.17, 15) is 9.18 Å². The minimum Gasteiger partial charge on any atom is -0.494 e. The molecular weight excluding hydrogens is 401 g/mol. The van der Waals surface area contributed by atoms with Gasteiger partial charge in [0.2, 0.25) is 5.91 Å². The van der Waals surface area contributed by atoms with Gasteiger partial charge in [-0.15, -0.1) is 0 Å². The largest absolute Gasteiger partial charge is 0.494 e. The molecule has 30 heavy (non-hydrogen) atoms. The normalized spacial score (nSPS) is 11.2. The van der Waals surface area contributed by atoms with Gasteiger partial charge in [-0.05, 0) is 55.9 Å². The summed E-state index contributed by atoms with van der Waals surface area (Å²) in [5, 5.41) is 0.610. The van der Waals surface area contributed by atoms with Gasteiger partial charge in [0, 0.05) is 13.1 Å². The number of anilines is 1. The molecule has 7 heteroatoms. The maximum Gasteiger partial charge on any atom is 0.233 e. The van der Waals surface area contributed by atoms with Gasteiger partial charge in [-0.25, -0.2) is 9.37 Å². The molecule has 5 nitrogen and oxygen atoms in total. The van der Waals surface area contributed by atoms with Crippen molar-refractivity contribution in [3.8, 4) is 5.75 Å². The van der Waals surface area contributed by atoms with E-state index in [0.717, 1.165) is 35.6 Å². The molecule has 0 aliphatic carbocycles. The summed E-state index contributed by atoms with van der Waals surface area (Å²) >= 11 is 1.35. The fourth-order valence-corrected chi connectivity index (χ4v) is 4.28. The van der Waals surface area contributed by atoms with Crippen LogP contribution in [0.5, 0.6) is 5.75 Å². The molecule has 0 unspecified atom stereocenters. The maximum absolute atomic E-state index is 13.6. The number of carbonyl (C=O) groups is 1. The third-order valence-electron chi connectivity index (χ3n) is 5.00. The smallest absolute Gasteiger partial charge is 0.233 e. The molecule has 0 saturated heterocycles. The standard InChI is InChI=1S/C23H28FN3O2S/c1-4-26(5-2)13-14-27(23-25-20-12-9-18(24)16-21(20)30-23)22(28)15-17-7-10-19(11-8-17)29-6-3/h7-12,16H,4-6,13-15H2,1-3H3. The number of thiazole rings is 1. The Hall–Kier alpha value is -2.51. The second-order valence-corrected chi connectivity index (χ2v) is 7.94. The van der Waals surface area contributed by atoms with Crippen LogP contribution in [0.2, 0.25) is 0 Å². The van der Waals surface area contributed by atoms with Crippen LogP contribution in [0.4, 0.5) is 9.52 Å². The number of aromatic nitrogens is 1. The molecule has 3 aromatic rings. The SMILES string of the molecule is CCOc1ccc(CC(=O)N(CCN(CC)CC)c2nc3ccc(F)cc3s2)cc1. The van der Waals surface area contributed by atoms with Gasteiger partial charge in [0.05, 0.1) is 23.2 Å². The van der Waals surface area contributed by atoms with Crippen LogP contribution in [0.25, 0.3) is 10.2 Å². The zero-order valence-electron chi connectivity index (χ0n) is 17.7. The molecule has 1 amide bonds. The summed E-state index contributed by atoms with van der Waals surface area (Å²) in [6.07, 6.45) is 0.273. The molecule has 1 aromatic heterocycles. The number of fused-ring (bicyclic) bond motifs is 1. The molecule has 0 saturated carbocycles. The number of benzene rings is 2. The van der Waals surface area contributed by atoms with Crippen molar-refractivity contribution in [2.24, 2.45) is 0 Å². The van der Waals surface area contributed by atoms with Crippen molar-refractivity contribution in [3.63, 3.8) is 0 Å². The van der Waals surface area contributed by atoms with E-state index < -0.39 is 0 Å². The van der Waals surface area contributed by atoms with E-state index in [1.165, 1.54) is 23.5 Å². The van der Waals surface area contributed by atoms with Crippen LogP contribution in [0, 0.1) is 5.82 Å². The molecule has 0 radical (unpaired) electrons. The van der Waals surface area contributed by atoms with E-state index in [0.29, 0.717) is 23.8 Å². The highest BCUT2D eigenvalue weighted by molar-refractivity contribution is 7.22. The van der Waals surface area contributed by atoms with Crippen molar-refractivity contribution in [3.05, 3.63) is 53.8 Å². The Morgan fingerprint density at radius 1 is 1.07 bits per heavy atom. The molecule has 0 bridgehead atoms. The first-order valence-corrected chi connectivity index (χ1v) is 11.2. The summed E-state index contributed by atoms with van der Waals surface area (Å²) in [4.78, 5) is 21.8. The summed E-state index contributed by atoms with van der Waals surface area (Å²) in [7, 11) is 0. The Balaban J connectivity index is 1.82. The molecule has 0 aliphatic rings. The highest BCUT2D eigenvalue weighted by atomic mass is 32.1. The summed E-state index contributed by atoms with van der Waals surface area (Å²) < 4.78 is 19.8. The number of hydrogen-bond acceptors (Lipinski definition) is 5. The average Bonchev–Trinajstić information content (AvgIpc) is 3.15. The lowest BCUT2D eigenvalue weighted by atomic mass is 10.1. The Morgan fingerprint density at radius 3 is 2.47 bits per heavy atom. The lowest BCUT2D eigenvalue weighted by molar-refractivity contribution is -0.118. The lowest BCUT2D eigenvalue weighted by Gasteiger charge is -2.24. The number of rotatable bonds is 10. The zero-order chi connectivity index (χ0) is 21.5. The Kier molecular flexibility index (Phi) is 7.76. The number of halogens is 1. The molecule has 0 fully saturated rings. The van der Waals surface area contributed by atoms with Crippen LogP contribution in [-0.2, 0) is 11.2 Å². The fourth-order valence-electron chi connectivity index (χ4n) is 3.25. The second kappa shape index (κ2) is 10.5. The maximum atomic E-state index is 13.6. The quantitative estimate of drug-likeness (QED) is 0.467. The number of carbonyl (C=O) groups excluding carboxylic acids is 1. The highest BCUT2D eigenvalue weighted by Crippen LogP contribution is 2.30. The first-order chi connectivity index (χ1) is 14.5. The van der Waals surface area contributed by atoms with Crippen LogP contribution in [-0.4, -0.2) is 48.6 Å². The number of amides is 1. The Bertz CT molecular complexity index is 970. The Morgan fingerprint density at radius 2 is 1.80 bits per heavy atom. The van der Waals surface area contributed by atoms with Gasteiger partial charge >= 0.3 is 0 Å². The van der Waals surface area contributed by atoms with E-state index in [1.807, 2.05) is 31.2 Å². The predicted molar refractivity (Wildman–Crippen MR) is 121 cm³/mol. The monoisotopic (exact) mass is 429 g/mol. The van der Waals surface area contributed by atoms with Crippen LogP contribution >= 0.6 is 11.3 Å². The van der Waals surface area contributed by atoms with Crippen LogP contribution in [0.3, 0.4) is 0 Å². The van der Waals surface area contributed by atoms with Crippen LogP contribution < -0.4 is 9.64 Å². The zero-order valence-corrected chi connectivity index (χ0v) is 18.5. The van der Waals surface area contributed by atoms with Crippen LogP contribution in [0.1, 0.15) is 26.3 Å². The molecule has 0 aliphatic heterocycles. The predicted octanol–water partition coefficient (Wildman–Crippen LogP) is 4.75. The fraction of sp³-hybridized carbons (Fsp3) is 0.391. The number of ether oxygens (including phenoxy) is 1. The van der Waals surface area contributed by atoms with E-state index in [2.05, 4.69) is 23.7 Å². The Labute approximate surface area is 181 Å². The van der Waals surface area contributed by atoms with Gasteiger partial charge in [0.1, 0.15) is 11.6 Å². The first kappa shape index (κ1) is 22.2. The molecule has 160 valence electrons. The van der Waals surface area contributed by atoms with E-state index in [1.54, 1.807) is 11.0 Å². The van der Waals surface area contributed by atoms with Crippen LogP contribution in [0.15, 0.2) is 42.5 Å². The average molecular weight is 430 g/mol. The van der Waals surface area contributed by atoms with Gasteiger partial charge in [0.15, 0.2) is 5.13 Å². The van der Waals surface area contributed by atoms with Crippen molar-refractivity contribution in [2.75, 3.05) is 37.7 Å². The van der Waals surface area contributed by atoms with Gasteiger partial charge in [-0.3, -0.25) is 9.69 Å². The third-order valence-corrected chi connectivity index (χ3v) is 6.04. The number of hydrogen-bond donors (Lipinski definition) is 0. The van der Waals surface area contributed by atoms with E-state index in [4.69, 9.17) is 4.74 Å². The summed E-state index contributed by atoms with van der Waals surface area (Å²) in [5.74, 6) is 0.472. The summed E-state index contributed by atoms with van der Waals surface area (Å²) in [6.45, 7) is 9.90. The lowest BCUT2D eigenvalue weighted by Crippen LogP contribution is -2.39. The molecule has 0 atom stereocenters. The molecule has 1 heterocycles. The number of likely N-dealkylation sites (N-methyl/N-ethyl adjacent to an activating group) is 1. The van der Waals surface area contributed by atoms with Gasteiger partial charge < -0.3 is 9.64 Å². The van der Waals surface area contributed by atoms with E-state index in [-0.39, 0.29) is 18.1 Å². The minimum absolute atomic E-state index is 0.0224. The van der Waals surface area contributed by atoms with Gasteiger partial charge in [-0.1, -0.05) is 37.3 Å². The highest BCUT2D eigenvalue weighted by Gasteiger charge is 2.21. The van der Waals surface area contributed by atoms with Crippen molar-refractivity contribution in [1.82, 2.24) is 9.88 Å². The van der Waals surface area contributed by atoms with Crippen molar-refractivity contribution >= 4 is 32.6 Å². The summed E-state index contributed by atoms with van der Waals surface area (Å²) in [6, 6.07) is 12.1. The van der Waals surface area contributed by atoms with Gasteiger partial charge in [0.25, 0.3) is 0 Å². The molecular formula is C23H28FN3O2S. The third kappa shape index (κ3) is 5.55. The molecule has 0 spiro atoms. The van der Waals surface area contributed by atoms with Gasteiger partial charge in [-0.2, -0.15) is 0 Å². The number of nitrogens with zero attached hydrogens (tertiary/aromatic N) is 3. The van der Waals surface area contributed by atoms with Crippen molar-refractivity contribution in [1.29, 1.82) is 0 Å². The van der Waals surface area contributed by atoms with E-state index >= 15 is 0 Å². The molecule has 3 rings (SSSR count). The molecule has 0 N–H and O–H groups in total. The minimum atomic E-state index is -0.298. The molecule has 2 aromatic carbocycles.